The second-order valence-electron chi connectivity index (χ2n) is 10.0. The Morgan fingerprint density at radius 1 is 1.22 bits per heavy atom. The van der Waals surface area contributed by atoms with Gasteiger partial charge in [-0.05, 0) is 67.9 Å². The lowest BCUT2D eigenvalue weighted by molar-refractivity contribution is -0.113. The molecule has 0 fully saturated rings. The van der Waals surface area contributed by atoms with E-state index in [1.54, 1.807) is 11.3 Å². The molecule has 0 spiro atoms. The summed E-state index contributed by atoms with van der Waals surface area (Å²) in [5.41, 5.74) is 4.47. The zero-order valence-electron chi connectivity index (χ0n) is 21.2. The number of carbonyl (C=O) groups excluding carboxylic acids is 1. The normalized spacial score (nSPS) is 18.9. The number of nitriles is 1. The van der Waals surface area contributed by atoms with Gasteiger partial charge in [0.05, 0.1) is 11.3 Å². The Labute approximate surface area is 225 Å². The van der Waals surface area contributed by atoms with Gasteiger partial charge in [0.1, 0.15) is 11.1 Å². The number of thioether (sulfide) groups is 1. The van der Waals surface area contributed by atoms with Gasteiger partial charge in [0.15, 0.2) is 11.0 Å². The van der Waals surface area contributed by atoms with Gasteiger partial charge >= 0.3 is 0 Å². The third kappa shape index (κ3) is 5.00. The lowest BCUT2D eigenvalue weighted by Crippen LogP contribution is -2.15. The molecule has 2 aliphatic carbocycles. The first-order valence-electron chi connectivity index (χ1n) is 13.0. The van der Waals surface area contributed by atoms with E-state index < -0.39 is 0 Å². The molecule has 2 unspecified atom stereocenters. The van der Waals surface area contributed by atoms with Crippen LogP contribution in [-0.4, -0.2) is 26.4 Å². The highest BCUT2D eigenvalue weighted by Gasteiger charge is 2.27. The maximum atomic E-state index is 12.9. The molecule has 2 atom stereocenters. The van der Waals surface area contributed by atoms with E-state index >= 15 is 0 Å². The van der Waals surface area contributed by atoms with Crippen molar-refractivity contribution in [2.24, 2.45) is 11.8 Å². The maximum absolute atomic E-state index is 12.9. The first-order chi connectivity index (χ1) is 17.5. The topological polar surface area (TPSA) is 83.6 Å². The highest BCUT2D eigenvalue weighted by Crippen LogP contribution is 2.41. The summed E-state index contributed by atoms with van der Waals surface area (Å²) in [6.07, 6.45) is 8.68. The second-order valence-corrected chi connectivity index (χ2v) is 13.0. The van der Waals surface area contributed by atoms with E-state index in [-0.39, 0.29) is 11.7 Å². The minimum Gasteiger partial charge on any atom is -0.316 e. The summed E-state index contributed by atoms with van der Waals surface area (Å²) in [7, 11) is 0. The minimum atomic E-state index is -0.100. The molecule has 3 aromatic heterocycles. The molecule has 9 heteroatoms. The summed E-state index contributed by atoms with van der Waals surface area (Å²) < 4.78 is 2.17. The van der Waals surface area contributed by atoms with E-state index in [1.165, 1.54) is 39.1 Å². The molecule has 1 amide bonds. The molecule has 0 aromatic carbocycles. The maximum Gasteiger partial charge on any atom is 0.235 e. The summed E-state index contributed by atoms with van der Waals surface area (Å²) >= 11 is 4.86. The van der Waals surface area contributed by atoms with Crippen molar-refractivity contribution in [3.05, 3.63) is 31.8 Å². The first-order valence-corrected chi connectivity index (χ1v) is 15.7. The molecular weight excluding hydrogens is 507 g/mol. The fourth-order valence-electron chi connectivity index (χ4n) is 5.39. The van der Waals surface area contributed by atoms with Crippen LogP contribution in [-0.2, 0) is 37.0 Å². The van der Waals surface area contributed by atoms with Crippen molar-refractivity contribution in [3.63, 3.8) is 0 Å². The van der Waals surface area contributed by atoms with Gasteiger partial charge in [-0.2, -0.15) is 5.26 Å². The number of fused-ring (bicyclic) bond motifs is 2. The zero-order chi connectivity index (χ0) is 25.2. The van der Waals surface area contributed by atoms with Gasteiger partial charge in [-0.25, -0.2) is 0 Å². The Morgan fingerprint density at radius 3 is 2.83 bits per heavy atom. The van der Waals surface area contributed by atoms with Crippen molar-refractivity contribution in [1.29, 1.82) is 5.26 Å². The van der Waals surface area contributed by atoms with E-state index in [0.717, 1.165) is 74.0 Å². The Morgan fingerprint density at radius 2 is 2.06 bits per heavy atom. The highest BCUT2D eigenvalue weighted by atomic mass is 32.2. The molecule has 0 saturated heterocycles. The van der Waals surface area contributed by atoms with Crippen molar-refractivity contribution in [2.75, 3.05) is 11.1 Å². The van der Waals surface area contributed by atoms with Crippen molar-refractivity contribution in [1.82, 2.24) is 14.8 Å². The van der Waals surface area contributed by atoms with Gasteiger partial charge in [-0.3, -0.25) is 4.79 Å². The van der Waals surface area contributed by atoms with Gasteiger partial charge in [0.25, 0.3) is 0 Å². The van der Waals surface area contributed by atoms with Crippen LogP contribution in [0.15, 0.2) is 10.5 Å². The number of anilines is 1. The Bertz CT molecular complexity index is 1300. The largest absolute Gasteiger partial charge is 0.316 e. The molecule has 36 heavy (non-hydrogen) atoms. The smallest absolute Gasteiger partial charge is 0.235 e. The van der Waals surface area contributed by atoms with E-state index in [2.05, 4.69) is 52.3 Å². The highest BCUT2D eigenvalue weighted by molar-refractivity contribution is 7.99. The van der Waals surface area contributed by atoms with Crippen molar-refractivity contribution < 1.29 is 4.79 Å². The van der Waals surface area contributed by atoms with E-state index in [0.29, 0.717) is 16.5 Å². The number of carbonyl (C=O) groups is 1. The van der Waals surface area contributed by atoms with Crippen LogP contribution < -0.4 is 5.32 Å². The van der Waals surface area contributed by atoms with Gasteiger partial charge in [-0.1, -0.05) is 39.0 Å². The molecule has 3 aromatic rings. The van der Waals surface area contributed by atoms with Crippen molar-refractivity contribution >= 4 is 45.3 Å². The second kappa shape index (κ2) is 11.1. The van der Waals surface area contributed by atoms with Crippen molar-refractivity contribution in [3.8, 4) is 17.5 Å². The Kier molecular flexibility index (Phi) is 7.85. The predicted octanol–water partition coefficient (Wildman–Crippen LogP) is 6.72. The first kappa shape index (κ1) is 25.5. The minimum absolute atomic E-state index is 0.100. The molecule has 2 aliphatic rings. The third-order valence-electron chi connectivity index (χ3n) is 7.45. The standard InChI is InChI=1S/C27H33N5OS3/c1-4-10-32-25(21-14-34-22-11-16(3)6-8-19(21)22)30-31-27(32)35-15-24(33)29-26-20(13-28)18-9-7-17(5-2)12-23(18)36-26/h14,16-17H,4-12,15H2,1-3H3,(H,29,33). The summed E-state index contributed by atoms with van der Waals surface area (Å²) in [6, 6.07) is 2.35. The number of hydrogen-bond donors (Lipinski definition) is 1. The van der Waals surface area contributed by atoms with E-state index in [9.17, 15) is 10.1 Å². The van der Waals surface area contributed by atoms with Crippen molar-refractivity contribution in [2.45, 2.75) is 83.8 Å². The monoisotopic (exact) mass is 539 g/mol. The molecule has 6 nitrogen and oxygen atoms in total. The summed E-state index contributed by atoms with van der Waals surface area (Å²) in [4.78, 5) is 15.7. The molecule has 0 radical (unpaired) electrons. The van der Waals surface area contributed by atoms with Crippen LogP contribution in [0.25, 0.3) is 11.4 Å². The molecular formula is C27H33N5OS3. The summed E-state index contributed by atoms with van der Waals surface area (Å²) in [6.45, 7) is 7.53. The molecule has 0 saturated carbocycles. The quantitative estimate of drug-likeness (QED) is 0.321. The van der Waals surface area contributed by atoms with Crippen LogP contribution in [0.5, 0.6) is 0 Å². The zero-order valence-corrected chi connectivity index (χ0v) is 23.7. The third-order valence-corrected chi connectivity index (χ3v) is 10.6. The average molecular weight is 540 g/mol. The lowest BCUT2D eigenvalue weighted by Gasteiger charge is -2.20. The molecule has 3 heterocycles. The van der Waals surface area contributed by atoms with Crippen LogP contribution in [0.2, 0.25) is 0 Å². The fraction of sp³-hybridized carbons (Fsp3) is 0.556. The van der Waals surface area contributed by atoms with Crippen LogP contribution in [0.1, 0.15) is 72.9 Å². The molecule has 190 valence electrons. The number of thiophene rings is 2. The molecule has 1 N–H and O–H groups in total. The lowest BCUT2D eigenvalue weighted by atomic mass is 9.86. The number of hydrogen-bond acceptors (Lipinski definition) is 7. The van der Waals surface area contributed by atoms with Gasteiger partial charge < -0.3 is 9.88 Å². The van der Waals surface area contributed by atoms with Crippen LogP contribution in [0, 0.1) is 23.2 Å². The number of aromatic nitrogens is 3. The molecule has 0 bridgehead atoms. The number of amides is 1. The SMILES string of the molecule is CCCn1c(SCC(=O)Nc2sc3c(c2C#N)CCC(CC)C3)nnc1-c1csc2c1CCC(C)C2. The summed E-state index contributed by atoms with van der Waals surface area (Å²) in [5, 5.41) is 25.6. The van der Waals surface area contributed by atoms with E-state index in [1.807, 2.05) is 11.3 Å². The molecule has 0 aliphatic heterocycles. The van der Waals surface area contributed by atoms with Gasteiger partial charge in [0, 0.05) is 27.2 Å². The number of nitrogens with zero attached hydrogens (tertiary/aromatic N) is 4. The summed E-state index contributed by atoms with van der Waals surface area (Å²) in [5.74, 6) is 2.49. The van der Waals surface area contributed by atoms with Crippen LogP contribution in [0.3, 0.4) is 0 Å². The predicted molar refractivity (Wildman–Crippen MR) is 149 cm³/mol. The number of nitrogens with one attached hydrogen (secondary N) is 1. The molecule has 5 rings (SSSR count). The van der Waals surface area contributed by atoms with E-state index in [4.69, 9.17) is 0 Å². The Balaban J connectivity index is 1.30. The van der Waals surface area contributed by atoms with Gasteiger partial charge in [-0.15, -0.1) is 32.9 Å². The van der Waals surface area contributed by atoms with Crippen LogP contribution in [0.4, 0.5) is 5.00 Å². The van der Waals surface area contributed by atoms with Crippen LogP contribution >= 0.6 is 34.4 Å². The fourth-order valence-corrected chi connectivity index (χ4v) is 8.72. The number of rotatable bonds is 8. The average Bonchev–Trinajstić information content (AvgIpc) is 3.56. The van der Waals surface area contributed by atoms with Gasteiger partial charge in [0.2, 0.25) is 5.91 Å². The Hall–Kier alpha value is -2.15.